The highest BCUT2D eigenvalue weighted by molar-refractivity contribution is 5.99. The molecule has 0 radical (unpaired) electrons. The standard InChI is InChI=1S/C40H51N7O7/c1-22(2)32(44-39(51)53-5)37(49)46-19-7-9-30(46)35-42-29-18-14-26-21-25(13-17-28(26)34(29)43-35)24-11-15-27(16-12-24)41-36(48)31-10-8-20-47(31)38(50)33(23(3)4)45-40(52)54-6/h11-13,15-17,21-23,30-33H,7-10,14,18-20H2,1-6H3,(H,41,48)(H,42,43)(H,44,51)(H,45,52)/t30-,31-,32-,33-/m0/s1. The summed E-state index contributed by atoms with van der Waals surface area (Å²) in [6, 6.07) is 11.7. The van der Waals surface area contributed by atoms with Crippen LogP contribution in [0.15, 0.2) is 42.5 Å². The largest absolute Gasteiger partial charge is 0.453 e. The minimum Gasteiger partial charge on any atom is -0.453 e. The van der Waals surface area contributed by atoms with Crippen molar-refractivity contribution in [3.63, 3.8) is 0 Å². The van der Waals surface area contributed by atoms with Gasteiger partial charge < -0.3 is 40.2 Å². The Kier molecular flexibility index (Phi) is 11.6. The van der Waals surface area contributed by atoms with E-state index >= 15 is 0 Å². The summed E-state index contributed by atoms with van der Waals surface area (Å²) in [6.07, 6.45) is 3.15. The number of nitrogens with zero attached hydrogens (tertiary/aromatic N) is 3. The summed E-state index contributed by atoms with van der Waals surface area (Å²) in [5.74, 6) is -0.221. The molecule has 5 amide bonds. The van der Waals surface area contributed by atoms with E-state index in [1.807, 2.05) is 56.9 Å². The zero-order chi connectivity index (χ0) is 38.7. The van der Waals surface area contributed by atoms with E-state index < -0.39 is 30.3 Å². The number of methoxy groups -OCH3 is 2. The van der Waals surface area contributed by atoms with Crippen LogP contribution < -0.4 is 16.0 Å². The van der Waals surface area contributed by atoms with Crippen LogP contribution in [0.1, 0.15) is 76.5 Å². The lowest BCUT2D eigenvalue weighted by Crippen LogP contribution is -2.54. The summed E-state index contributed by atoms with van der Waals surface area (Å²) >= 11 is 0. The molecule has 1 aliphatic carbocycles. The van der Waals surface area contributed by atoms with E-state index in [9.17, 15) is 24.0 Å². The summed E-state index contributed by atoms with van der Waals surface area (Å²) in [5.41, 5.74) is 6.92. The van der Waals surface area contributed by atoms with Gasteiger partial charge in [0.05, 0.1) is 31.6 Å². The predicted octanol–water partition coefficient (Wildman–Crippen LogP) is 5.20. The lowest BCUT2D eigenvalue weighted by Gasteiger charge is -2.30. The van der Waals surface area contributed by atoms with Crippen LogP contribution in [0.4, 0.5) is 15.3 Å². The summed E-state index contributed by atoms with van der Waals surface area (Å²) < 4.78 is 9.47. The van der Waals surface area contributed by atoms with Crippen molar-refractivity contribution in [2.24, 2.45) is 11.8 Å². The van der Waals surface area contributed by atoms with Gasteiger partial charge in [0.15, 0.2) is 0 Å². The molecule has 4 atom stereocenters. The Bertz CT molecular complexity index is 1890. The van der Waals surface area contributed by atoms with Crippen molar-refractivity contribution in [1.29, 1.82) is 0 Å². The topological polar surface area (TPSA) is 175 Å². The van der Waals surface area contributed by atoms with Crippen LogP contribution in [-0.4, -0.2) is 95.1 Å². The van der Waals surface area contributed by atoms with Gasteiger partial charge in [-0.15, -0.1) is 0 Å². The normalized spacial score (nSPS) is 18.8. The number of imidazole rings is 1. The number of aryl methyl sites for hydroxylation is 2. The van der Waals surface area contributed by atoms with Crippen molar-refractivity contribution in [3.05, 3.63) is 59.5 Å². The Labute approximate surface area is 315 Å². The van der Waals surface area contributed by atoms with Crippen LogP contribution in [0, 0.1) is 11.8 Å². The SMILES string of the molecule is COC(=O)N[C@H](C(=O)N1CCC[C@H]1C(=O)Nc1ccc(-c2ccc3c(c2)CCc2nc([C@@H]4CCCN4C(=O)[C@@H](NC(=O)OC)C(C)C)[nH]c2-3)cc1)C(C)C. The first-order valence-corrected chi connectivity index (χ1v) is 18.8. The first kappa shape index (κ1) is 38.3. The Balaban J connectivity index is 1.13. The third-order valence-electron chi connectivity index (χ3n) is 10.8. The zero-order valence-electron chi connectivity index (χ0n) is 31.9. The summed E-state index contributed by atoms with van der Waals surface area (Å²) in [4.78, 5) is 76.3. The van der Waals surface area contributed by atoms with E-state index in [-0.39, 0.29) is 35.6 Å². The molecule has 0 bridgehead atoms. The number of aromatic nitrogens is 2. The fourth-order valence-electron chi connectivity index (χ4n) is 7.81. The minimum atomic E-state index is -0.794. The first-order valence-electron chi connectivity index (χ1n) is 18.8. The van der Waals surface area contributed by atoms with Crippen molar-refractivity contribution >= 4 is 35.6 Å². The summed E-state index contributed by atoms with van der Waals surface area (Å²) in [7, 11) is 2.54. The molecule has 6 rings (SSSR count). The quantitative estimate of drug-likeness (QED) is 0.220. The summed E-state index contributed by atoms with van der Waals surface area (Å²) in [6.45, 7) is 8.52. The van der Waals surface area contributed by atoms with Gasteiger partial charge in [-0.1, -0.05) is 58.0 Å². The van der Waals surface area contributed by atoms with Crippen LogP contribution in [-0.2, 0) is 36.7 Å². The van der Waals surface area contributed by atoms with E-state index in [2.05, 4.69) is 39.1 Å². The summed E-state index contributed by atoms with van der Waals surface area (Å²) in [5, 5.41) is 8.30. The molecule has 0 unspecified atom stereocenters. The van der Waals surface area contributed by atoms with Crippen molar-refractivity contribution in [3.8, 4) is 22.4 Å². The number of rotatable bonds is 10. The van der Waals surface area contributed by atoms with Gasteiger partial charge in [0.25, 0.3) is 0 Å². The molecule has 0 spiro atoms. The number of H-pyrrole nitrogens is 1. The highest BCUT2D eigenvalue weighted by Crippen LogP contribution is 2.39. The number of alkyl carbamates (subject to hydrolysis) is 2. The molecule has 4 N–H and O–H groups in total. The van der Waals surface area contributed by atoms with Gasteiger partial charge in [0.2, 0.25) is 17.7 Å². The third kappa shape index (κ3) is 7.92. The monoisotopic (exact) mass is 741 g/mol. The van der Waals surface area contributed by atoms with Crippen molar-refractivity contribution < 1.29 is 33.4 Å². The second kappa shape index (κ2) is 16.3. The number of hydrogen-bond acceptors (Lipinski definition) is 8. The predicted molar refractivity (Wildman–Crippen MR) is 202 cm³/mol. The van der Waals surface area contributed by atoms with Crippen LogP contribution >= 0.6 is 0 Å². The molecule has 54 heavy (non-hydrogen) atoms. The molecule has 2 aromatic carbocycles. The van der Waals surface area contributed by atoms with Gasteiger partial charge in [-0.2, -0.15) is 0 Å². The molecule has 1 aromatic heterocycles. The Morgan fingerprint density at radius 3 is 2.00 bits per heavy atom. The molecule has 3 aromatic rings. The van der Waals surface area contributed by atoms with E-state index in [1.165, 1.54) is 19.8 Å². The van der Waals surface area contributed by atoms with Gasteiger partial charge in [-0.05, 0) is 79.2 Å². The molecule has 14 nitrogen and oxygen atoms in total. The molecule has 0 saturated carbocycles. The second-order valence-electron chi connectivity index (χ2n) is 15.0. The van der Waals surface area contributed by atoms with Crippen LogP contribution in [0.2, 0.25) is 0 Å². The van der Waals surface area contributed by atoms with E-state index in [1.54, 1.807) is 4.90 Å². The third-order valence-corrected chi connectivity index (χ3v) is 10.8. The molecule has 3 aliphatic rings. The van der Waals surface area contributed by atoms with E-state index in [4.69, 9.17) is 14.5 Å². The van der Waals surface area contributed by atoms with E-state index in [0.29, 0.717) is 31.6 Å². The van der Waals surface area contributed by atoms with E-state index in [0.717, 1.165) is 59.6 Å². The number of carbonyl (C=O) groups is 5. The molecule has 2 saturated heterocycles. The molecule has 2 aliphatic heterocycles. The minimum absolute atomic E-state index is 0.110. The number of amides is 5. The lowest BCUT2D eigenvalue weighted by atomic mass is 9.89. The fraction of sp³-hybridized carbons (Fsp3) is 0.500. The molecule has 3 heterocycles. The second-order valence-corrected chi connectivity index (χ2v) is 15.0. The molecule has 2 fully saturated rings. The number of carbonyl (C=O) groups excluding carboxylic acids is 5. The van der Waals surface area contributed by atoms with Gasteiger partial charge in [0.1, 0.15) is 23.9 Å². The number of nitrogens with one attached hydrogen (secondary N) is 4. The molecular formula is C40H51N7O7. The number of anilines is 1. The Hall–Kier alpha value is -5.40. The van der Waals surface area contributed by atoms with Crippen molar-refractivity contribution in [2.45, 2.75) is 90.4 Å². The van der Waals surface area contributed by atoms with Crippen molar-refractivity contribution in [2.75, 3.05) is 32.6 Å². The van der Waals surface area contributed by atoms with Crippen LogP contribution in [0.3, 0.4) is 0 Å². The smallest absolute Gasteiger partial charge is 0.407 e. The number of ether oxygens (including phenoxy) is 2. The maximum Gasteiger partial charge on any atom is 0.407 e. The number of likely N-dealkylation sites (tertiary alicyclic amines) is 2. The number of aromatic amines is 1. The van der Waals surface area contributed by atoms with Gasteiger partial charge >= 0.3 is 12.2 Å². The molecule has 288 valence electrons. The first-order chi connectivity index (χ1) is 25.9. The number of hydrogen-bond donors (Lipinski definition) is 4. The lowest BCUT2D eigenvalue weighted by molar-refractivity contribution is -0.139. The van der Waals surface area contributed by atoms with Gasteiger partial charge in [-0.3, -0.25) is 14.4 Å². The van der Waals surface area contributed by atoms with Crippen molar-refractivity contribution in [1.82, 2.24) is 30.4 Å². The number of benzene rings is 2. The Morgan fingerprint density at radius 2 is 1.37 bits per heavy atom. The average molecular weight is 742 g/mol. The number of fused-ring (bicyclic) bond motifs is 3. The van der Waals surface area contributed by atoms with Crippen LogP contribution in [0.25, 0.3) is 22.4 Å². The maximum absolute atomic E-state index is 13.7. The van der Waals surface area contributed by atoms with Gasteiger partial charge in [0, 0.05) is 24.3 Å². The zero-order valence-corrected chi connectivity index (χ0v) is 31.9. The van der Waals surface area contributed by atoms with Crippen LogP contribution in [0.5, 0.6) is 0 Å². The maximum atomic E-state index is 13.7. The fourth-order valence-corrected chi connectivity index (χ4v) is 7.81. The van der Waals surface area contributed by atoms with Gasteiger partial charge in [-0.25, -0.2) is 14.6 Å². The molecule has 14 heteroatoms. The Morgan fingerprint density at radius 1 is 0.778 bits per heavy atom. The highest BCUT2D eigenvalue weighted by atomic mass is 16.5. The molecular weight excluding hydrogens is 690 g/mol. The average Bonchev–Trinajstić information content (AvgIpc) is 3.95. The highest BCUT2D eigenvalue weighted by Gasteiger charge is 2.40.